The summed E-state index contributed by atoms with van der Waals surface area (Å²) in [6.45, 7) is 5.21. The number of hydrogen-bond donors (Lipinski definition) is 1. The highest BCUT2D eigenvalue weighted by atomic mass is 35.5. The summed E-state index contributed by atoms with van der Waals surface area (Å²) in [5.41, 5.74) is 2.41. The highest BCUT2D eigenvalue weighted by Crippen LogP contribution is 2.26. The van der Waals surface area contributed by atoms with Crippen molar-refractivity contribution in [3.8, 4) is 0 Å². The molecular formula is C15H20ClN3. The highest BCUT2D eigenvalue weighted by molar-refractivity contribution is 6.30. The zero-order valence-electron chi connectivity index (χ0n) is 11.7. The first-order chi connectivity index (χ1) is 9.13. The minimum atomic E-state index is 0.0821. The number of benzene rings is 1. The molecule has 1 aromatic carbocycles. The molecule has 1 aromatic heterocycles. The molecular weight excluding hydrogens is 258 g/mol. The van der Waals surface area contributed by atoms with Crippen LogP contribution >= 0.6 is 11.6 Å². The van der Waals surface area contributed by atoms with E-state index in [0.717, 1.165) is 23.8 Å². The Hall–Kier alpha value is -1.32. The summed E-state index contributed by atoms with van der Waals surface area (Å²) >= 11 is 6.14. The summed E-state index contributed by atoms with van der Waals surface area (Å²) < 4.78 is 2.05. The van der Waals surface area contributed by atoms with E-state index < -0.39 is 0 Å². The standard InChI is InChI=1S/C15H20ClN3/c1-4-7-17-14(15-18-8-9-19(15)3)13-10-12(16)6-5-11(13)2/h5-6,8-10,14,17H,4,7H2,1-3H3. The first-order valence-corrected chi connectivity index (χ1v) is 6.98. The predicted molar refractivity (Wildman–Crippen MR) is 79.5 cm³/mol. The second-order valence-corrected chi connectivity index (χ2v) is 5.22. The van der Waals surface area contributed by atoms with Crippen LogP contribution in [0.15, 0.2) is 30.6 Å². The topological polar surface area (TPSA) is 29.9 Å². The van der Waals surface area contributed by atoms with E-state index in [0.29, 0.717) is 0 Å². The van der Waals surface area contributed by atoms with Crippen molar-refractivity contribution in [1.82, 2.24) is 14.9 Å². The first-order valence-electron chi connectivity index (χ1n) is 6.60. The molecule has 1 unspecified atom stereocenters. The predicted octanol–water partition coefficient (Wildman–Crippen LogP) is 3.47. The highest BCUT2D eigenvalue weighted by Gasteiger charge is 2.19. The summed E-state index contributed by atoms with van der Waals surface area (Å²) in [5, 5.41) is 4.32. The second-order valence-electron chi connectivity index (χ2n) is 4.78. The van der Waals surface area contributed by atoms with Crippen molar-refractivity contribution in [3.63, 3.8) is 0 Å². The van der Waals surface area contributed by atoms with Gasteiger partial charge in [-0.3, -0.25) is 0 Å². The summed E-state index contributed by atoms with van der Waals surface area (Å²) in [6.07, 6.45) is 4.88. The largest absolute Gasteiger partial charge is 0.336 e. The van der Waals surface area contributed by atoms with Gasteiger partial charge in [0, 0.05) is 24.5 Å². The molecule has 0 fully saturated rings. The van der Waals surface area contributed by atoms with E-state index in [1.165, 1.54) is 11.1 Å². The molecule has 0 bridgehead atoms. The van der Waals surface area contributed by atoms with Gasteiger partial charge in [-0.25, -0.2) is 4.98 Å². The van der Waals surface area contributed by atoms with Crippen LogP contribution in [0.1, 0.15) is 36.3 Å². The monoisotopic (exact) mass is 277 g/mol. The number of imidazole rings is 1. The van der Waals surface area contributed by atoms with Gasteiger partial charge in [-0.05, 0) is 43.1 Å². The van der Waals surface area contributed by atoms with Gasteiger partial charge in [-0.15, -0.1) is 0 Å². The Kier molecular flexibility index (Phi) is 4.61. The number of rotatable bonds is 5. The fraction of sp³-hybridized carbons (Fsp3) is 0.400. The van der Waals surface area contributed by atoms with Gasteiger partial charge in [0.25, 0.3) is 0 Å². The van der Waals surface area contributed by atoms with Crippen LogP contribution in [0.2, 0.25) is 5.02 Å². The Labute approximate surface area is 119 Å². The average molecular weight is 278 g/mol. The summed E-state index contributed by atoms with van der Waals surface area (Å²) in [6, 6.07) is 6.09. The molecule has 102 valence electrons. The van der Waals surface area contributed by atoms with E-state index in [1.54, 1.807) is 0 Å². The Balaban J connectivity index is 2.42. The molecule has 0 amide bonds. The van der Waals surface area contributed by atoms with Crippen LogP contribution in [0.5, 0.6) is 0 Å². The molecule has 2 aromatic rings. The number of halogens is 1. The molecule has 0 saturated carbocycles. The van der Waals surface area contributed by atoms with E-state index in [2.05, 4.69) is 30.2 Å². The Bertz CT molecular complexity index is 548. The number of aryl methyl sites for hydroxylation is 2. The van der Waals surface area contributed by atoms with Gasteiger partial charge in [0.2, 0.25) is 0 Å². The van der Waals surface area contributed by atoms with Crippen molar-refractivity contribution in [2.75, 3.05) is 6.54 Å². The molecule has 0 radical (unpaired) electrons. The zero-order chi connectivity index (χ0) is 13.8. The third-order valence-electron chi connectivity index (χ3n) is 3.27. The van der Waals surface area contributed by atoms with Crippen molar-refractivity contribution in [2.45, 2.75) is 26.3 Å². The minimum absolute atomic E-state index is 0.0821. The van der Waals surface area contributed by atoms with Gasteiger partial charge < -0.3 is 9.88 Å². The van der Waals surface area contributed by atoms with Crippen LogP contribution in [0.4, 0.5) is 0 Å². The van der Waals surface area contributed by atoms with Gasteiger partial charge >= 0.3 is 0 Å². The molecule has 0 spiro atoms. The van der Waals surface area contributed by atoms with Crippen LogP contribution in [0.3, 0.4) is 0 Å². The molecule has 19 heavy (non-hydrogen) atoms. The molecule has 1 atom stereocenters. The lowest BCUT2D eigenvalue weighted by Crippen LogP contribution is -2.26. The average Bonchev–Trinajstić information content (AvgIpc) is 2.80. The molecule has 1 N–H and O–H groups in total. The van der Waals surface area contributed by atoms with Crippen molar-refractivity contribution in [3.05, 3.63) is 52.6 Å². The van der Waals surface area contributed by atoms with Gasteiger partial charge in [-0.1, -0.05) is 24.6 Å². The lowest BCUT2D eigenvalue weighted by molar-refractivity contribution is 0.553. The van der Waals surface area contributed by atoms with Crippen LogP contribution in [-0.2, 0) is 7.05 Å². The number of nitrogens with zero attached hydrogens (tertiary/aromatic N) is 2. The molecule has 0 aliphatic heterocycles. The number of aromatic nitrogens is 2. The van der Waals surface area contributed by atoms with Gasteiger partial charge in [0.05, 0.1) is 6.04 Å². The van der Waals surface area contributed by atoms with Crippen molar-refractivity contribution < 1.29 is 0 Å². The maximum atomic E-state index is 6.14. The zero-order valence-corrected chi connectivity index (χ0v) is 12.4. The maximum absolute atomic E-state index is 6.14. The molecule has 0 aliphatic rings. The lowest BCUT2D eigenvalue weighted by atomic mass is 10.0. The third kappa shape index (κ3) is 3.17. The molecule has 1 heterocycles. The first kappa shape index (κ1) is 14.1. The third-order valence-corrected chi connectivity index (χ3v) is 3.50. The van der Waals surface area contributed by atoms with Crippen LogP contribution in [-0.4, -0.2) is 16.1 Å². The van der Waals surface area contributed by atoms with E-state index in [9.17, 15) is 0 Å². The second kappa shape index (κ2) is 6.22. The maximum Gasteiger partial charge on any atom is 0.130 e. The number of hydrogen-bond acceptors (Lipinski definition) is 2. The van der Waals surface area contributed by atoms with Crippen LogP contribution in [0, 0.1) is 6.92 Å². The normalized spacial score (nSPS) is 12.6. The molecule has 3 nitrogen and oxygen atoms in total. The van der Waals surface area contributed by atoms with Gasteiger partial charge in [-0.2, -0.15) is 0 Å². The molecule has 4 heteroatoms. The molecule has 0 saturated heterocycles. The van der Waals surface area contributed by atoms with Gasteiger partial charge in [0.1, 0.15) is 5.82 Å². The summed E-state index contributed by atoms with van der Waals surface area (Å²) in [7, 11) is 2.02. The number of nitrogens with one attached hydrogen (secondary N) is 1. The fourth-order valence-corrected chi connectivity index (χ4v) is 2.39. The smallest absolute Gasteiger partial charge is 0.130 e. The van der Waals surface area contributed by atoms with E-state index in [4.69, 9.17) is 11.6 Å². The Morgan fingerprint density at radius 2 is 2.21 bits per heavy atom. The SMILES string of the molecule is CCCNC(c1cc(Cl)ccc1C)c1nccn1C. The quantitative estimate of drug-likeness (QED) is 0.907. The Morgan fingerprint density at radius 1 is 1.42 bits per heavy atom. The van der Waals surface area contributed by atoms with Crippen LogP contribution in [0.25, 0.3) is 0 Å². The van der Waals surface area contributed by atoms with Crippen LogP contribution < -0.4 is 5.32 Å². The molecule has 2 rings (SSSR count). The summed E-state index contributed by atoms with van der Waals surface area (Å²) in [4.78, 5) is 4.47. The van der Waals surface area contributed by atoms with E-state index >= 15 is 0 Å². The van der Waals surface area contributed by atoms with Crippen molar-refractivity contribution >= 4 is 11.6 Å². The Morgan fingerprint density at radius 3 is 2.84 bits per heavy atom. The lowest BCUT2D eigenvalue weighted by Gasteiger charge is -2.21. The summed E-state index contributed by atoms with van der Waals surface area (Å²) in [5.74, 6) is 1.01. The van der Waals surface area contributed by atoms with Crippen molar-refractivity contribution in [1.29, 1.82) is 0 Å². The fourth-order valence-electron chi connectivity index (χ4n) is 2.21. The van der Waals surface area contributed by atoms with Crippen molar-refractivity contribution in [2.24, 2.45) is 7.05 Å². The van der Waals surface area contributed by atoms with E-state index in [-0.39, 0.29) is 6.04 Å². The minimum Gasteiger partial charge on any atom is -0.336 e. The van der Waals surface area contributed by atoms with E-state index in [1.807, 2.05) is 36.1 Å². The van der Waals surface area contributed by atoms with Gasteiger partial charge in [0.15, 0.2) is 0 Å². The molecule has 0 aliphatic carbocycles.